The van der Waals surface area contributed by atoms with E-state index in [1.54, 1.807) is 0 Å². The molecule has 1 nitrogen and oxygen atoms in total. The lowest BCUT2D eigenvalue weighted by Crippen LogP contribution is -2.24. The molecule has 8 rings (SSSR count). The largest absolute Gasteiger partial charge is 0.310 e. The van der Waals surface area contributed by atoms with E-state index in [1.807, 2.05) is 0 Å². The van der Waals surface area contributed by atoms with Gasteiger partial charge in [0.1, 0.15) is 0 Å². The zero-order valence-electron chi connectivity index (χ0n) is 32.1. The van der Waals surface area contributed by atoms with Gasteiger partial charge in [0.2, 0.25) is 0 Å². The van der Waals surface area contributed by atoms with E-state index in [4.69, 9.17) is 0 Å². The van der Waals surface area contributed by atoms with E-state index in [0.29, 0.717) is 0 Å². The second kappa shape index (κ2) is 11.3. The van der Waals surface area contributed by atoms with Crippen LogP contribution in [0.2, 0.25) is 0 Å². The fourth-order valence-electron chi connectivity index (χ4n) is 8.84. The first kappa shape index (κ1) is 33.3. The van der Waals surface area contributed by atoms with Crippen LogP contribution in [-0.4, -0.2) is 0 Å². The molecule has 0 aliphatic heterocycles. The van der Waals surface area contributed by atoms with E-state index in [2.05, 4.69) is 202 Å². The molecule has 0 saturated carbocycles. The number of fused-ring (bicyclic) bond motifs is 6. The Morgan fingerprint density at radius 2 is 0.980 bits per heavy atom. The molecule has 0 unspecified atom stereocenters. The van der Waals surface area contributed by atoms with Crippen molar-refractivity contribution >= 4 is 17.1 Å². The molecule has 0 bridgehead atoms. The minimum atomic E-state index is -0.103. The second-order valence-corrected chi connectivity index (χ2v) is 18.0. The molecule has 0 spiro atoms. The summed E-state index contributed by atoms with van der Waals surface area (Å²) in [6.45, 7) is 23.7. The minimum absolute atomic E-state index is 0.0226. The highest BCUT2D eigenvalue weighted by Gasteiger charge is 2.41. The zero-order chi connectivity index (χ0) is 36.1. The lowest BCUT2D eigenvalue weighted by molar-refractivity contribution is 0.545. The summed E-state index contributed by atoms with van der Waals surface area (Å²) in [6, 6.07) is 48.0. The van der Waals surface area contributed by atoms with Crippen molar-refractivity contribution in [3.8, 4) is 33.4 Å². The normalized spacial score (nSPS) is 15.2. The molecule has 2 aliphatic rings. The molecule has 0 saturated heterocycles. The van der Waals surface area contributed by atoms with Crippen LogP contribution in [0.1, 0.15) is 103 Å². The third-order valence-electron chi connectivity index (χ3n) is 11.7. The van der Waals surface area contributed by atoms with Gasteiger partial charge in [-0.05, 0) is 114 Å². The van der Waals surface area contributed by atoms with Gasteiger partial charge in [-0.1, -0.05) is 160 Å². The zero-order valence-corrected chi connectivity index (χ0v) is 32.1. The lowest BCUT2D eigenvalue weighted by atomic mass is 9.71. The summed E-state index contributed by atoms with van der Waals surface area (Å²) in [4.78, 5) is 2.47. The Hall–Kier alpha value is -4.88. The molecular weight excluding hydrogens is 615 g/mol. The van der Waals surface area contributed by atoms with Crippen molar-refractivity contribution in [1.29, 1.82) is 0 Å². The number of rotatable bonds is 4. The molecule has 256 valence electrons. The summed E-state index contributed by atoms with van der Waals surface area (Å²) in [6.07, 6.45) is 0. The summed E-state index contributed by atoms with van der Waals surface area (Å²) < 4.78 is 0. The summed E-state index contributed by atoms with van der Waals surface area (Å²) >= 11 is 0. The predicted molar refractivity (Wildman–Crippen MR) is 219 cm³/mol. The topological polar surface area (TPSA) is 3.24 Å². The summed E-state index contributed by atoms with van der Waals surface area (Å²) in [7, 11) is 0. The Morgan fingerprint density at radius 1 is 0.412 bits per heavy atom. The molecule has 0 atom stereocenters. The molecule has 0 aromatic heterocycles. The van der Waals surface area contributed by atoms with Crippen LogP contribution in [0, 0.1) is 0 Å². The van der Waals surface area contributed by atoms with Gasteiger partial charge in [-0.3, -0.25) is 0 Å². The van der Waals surface area contributed by atoms with Crippen LogP contribution in [0.15, 0.2) is 127 Å². The third kappa shape index (κ3) is 5.27. The first-order chi connectivity index (χ1) is 24.1. The van der Waals surface area contributed by atoms with Crippen LogP contribution in [0.4, 0.5) is 17.1 Å². The van der Waals surface area contributed by atoms with Gasteiger partial charge in [-0.2, -0.15) is 0 Å². The van der Waals surface area contributed by atoms with E-state index < -0.39 is 0 Å². The lowest BCUT2D eigenvalue weighted by Gasteiger charge is -2.32. The van der Waals surface area contributed by atoms with Crippen LogP contribution >= 0.6 is 0 Å². The number of benzene rings is 6. The van der Waals surface area contributed by atoms with Crippen molar-refractivity contribution in [2.24, 2.45) is 0 Å². The molecule has 6 aromatic rings. The highest BCUT2D eigenvalue weighted by atomic mass is 15.1. The van der Waals surface area contributed by atoms with Gasteiger partial charge in [0.05, 0.1) is 0 Å². The van der Waals surface area contributed by atoms with Crippen LogP contribution < -0.4 is 4.90 Å². The van der Waals surface area contributed by atoms with Crippen LogP contribution in [0.5, 0.6) is 0 Å². The van der Waals surface area contributed by atoms with Crippen molar-refractivity contribution < 1.29 is 0 Å². The Balaban J connectivity index is 1.34. The third-order valence-corrected chi connectivity index (χ3v) is 11.7. The maximum atomic E-state index is 2.50. The molecule has 1 heteroatoms. The maximum Gasteiger partial charge on any atom is 0.0468 e. The molecule has 6 aromatic carbocycles. The predicted octanol–water partition coefficient (Wildman–Crippen LogP) is 14.0. The Bertz CT molecular complexity index is 2300. The number of anilines is 3. The molecule has 2 aliphatic carbocycles. The Kier molecular flexibility index (Phi) is 7.38. The quantitative estimate of drug-likeness (QED) is 0.181. The van der Waals surface area contributed by atoms with Crippen molar-refractivity contribution in [1.82, 2.24) is 0 Å². The van der Waals surface area contributed by atoms with E-state index in [-0.39, 0.29) is 21.7 Å². The molecular formula is C50H51N. The molecule has 0 amide bonds. The van der Waals surface area contributed by atoms with Crippen molar-refractivity contribution in [3.63, 3.8) is 0 Å². The monoisotopic (exact) mass is 665 g/mol. The smallest absolute Gasteiger partial charge is 0.0468 e. The second-order valence-electron chi connectivity index (χ2n) is 18.0. The fraction of sp³-hybridized carbons (Fsp3) is 0.280. The van der Waals surface area contributed by atoms with Crippen LogP contribution in [-0.2, 0) is 21.7 Å². The Morgan fingerprint density at radius 3 is 1.67 bits per heavy atom. The summed E-state index contributed by atoms with van der Waals surface area (Å²) in [5, 5.41) is 0. The van der Waals surface area contributed by atoms with Gasteiger partial charge in [0.15, 0.2) is 0 Å². The first-order valence-corrected chi connectivity index (χ1v) is 18.6. The highest BCUT2D eigenvalue weighted by molar-refractivity contribution is 5.90. The van der Waals surface area contributed by atoms with Gasteiger partial charge in [0, 0.05) is 27.9 Å². The molecule has 0 heterocycles. The van der Waals surface area contributed by atoms with Gasteiger partial charge in [-0.15, -0.1) is 0 Å². The van der Waals surface area contributed by atoms with Crippen LogP contribution in [0.25, 0.3) is 33.4 Å². The van der Waals surface area contributed by atoms with Crippen LogP contribution in [0.3, 0.4) is 0 Å². The average molecular weight is 666 g/mol. The number of hydrogen-bond acceptors (Lipinski definition) is 1. The van der Waals surface area contributed by atoms with E-state index in [1.165, 1.54) is 78.1 Å². The Labute approximate surface area is 306 Å². The minimum Gasteiger partial charge on any atom is -0.310 e. The van der Waals surface area contributed by atoms with Gasteiger partial charge in [-0.25, -0.2) is 0 Å². The van der Waals surface area contributed by atoms with Gasteiger partial charge >= 0.3 is 0 Å². The van der Waals surface area contributed by atoms with Crippen molar-refractivity contribution in [3.05, 3.63) is 161 Å². The molecule has 0 fully saturated rings. The van der Waals surface area contributed by atoms with Crippen molar-refractivity contribution in [2.75, 3.05) is 4.90 Å². The first-order valence-electron chi connectivity index (χ1n) is 18.6. The van der Waals surface area contributed by atoms with E-state index in [0.717, 1.165) is 5.69 Å². The molecule has 51 heavy (non-hydrogen) atoms. The SMILES string of the molecule is CC(C)(C)c1cc2c(c(C(C)(C)C)c1)C(C)(C)c1ccc(N(c3ccc(-c4ccccc4)cc3)c3ccc4c(c3)C(C)(C)c3ccccc3-4)cc1-2. The molecule has 0 N–H and O–H groups in total. The van der Waals surface area contributed by atoms with E-state index >= 15 is 0 Å². The van der Waals surface area contributed by atoms with Gasteiger partial charge in [0.25, 0.3) is 0 Å². The highest BCUT2D eigenvalue weighted by Crippen LogP contribution is 2.55. The molecule has 0 radical (unpaired) electrons. The fourth-order valence-corrected chi connectivity index (χ4v) is 8.84. The standard InChI is InChI=1S/C50H51N/c1-47(2,3)34-28-41-40-30-36(25-27-43(40)50(9,10)46(41)45(29-34)48(4,5)6)51(35-22-20-33(21-23-35)32-16-12-11-13-17-32)37-24-26-39-38-18-14-15-19-42(38)49(7,8)44(39)31-37/h11-31H,1-10H3. The van der Waals surface area contributed by atoms with Gasteiger partial charge < -0.3 is 4.90 Å². The average Bonchev–Trinajstić information content (AvgIpc) is 3.47. The maximum absolute atomic E-state index is 2.50. The van der Waals surface area contributed by atoms with Crippen molar-refractivity contribution in [2.45, 2.75) is 90.9 Å². The van der Waals surface area contributed by atoms with E-state index in [9.17, 15) is 0 Å². The number of nitrogens with zero attached hydrogens (tertiary/aromatic N) is 1. The number of hydrogen-bond donors (Lipinski definition) is 0. The summed E-state index contributed by atoms with van der Waals surface area (Å²) in [5.74, 6) is 0. The summed E-state index contributed by atoms with van der Waals surface area (Å²) in [5.41, 5.74) is 19.8.